The Labute approximate surface area is 124 Å². The molecule has 5 nitrogen and oxygen atoms in total. The number of hydrogen-bond acceptors (Lipinski definition) is 4. The van der Waals surface area contributed by atoms with E-state index in [9.17, 15) is 15.4 Å². The van der Waals surface area contributed by atoms with Gasteiger partial charge in [-0.2, -0.15) is 5.26 Å². The van der Waals surface area contributed by atoms with Crippen LogP contribution in [0.5, 0.6) is 0 Å². The fraction of sp³-hybridized carbons (Fsp3) is 0.0714. The van der Waals surface area contributed by atoms with E-state index in [1.165, 1.54) is 17.0 Å². The molecule has 0 aliphatic heterocycles. The number of hydrogen-bond donors (Lipinski definition) is 0. The Morgan fingerprint density at radius 1 is 1.20 bits per heavy atom. The molecule has 0 bridgehead atoms. The Kier molecular flexibility index (Phi) is 4.33. The second-order valence-corrected chi connectivity index (χ2v) is 4.86. The number of benzene rings is 2. The Balaban J connectivity index is 2.36. The molecule has 100 valence electrons. The van der Waals surface area contributed by atoms with E-state index in [4.69, 9.17) is 0 Å². The SMILES string of the molecule is N#CN(c1cccc([N+](=O)[O-])c1)C(Br)c1ccccc1. The van der Waals surface area contributed by atoms with Crippen molar-refractivity contribution >= 4 is 27.3 Å². The van der Waals surface area contributed by atoms with Gasteiger partial charge in [0.2, 0.25) is 0 Å². The number of halogens is 1. The number of non-ortho nitro benzene ring substituents is 1. The van der Waals surface area contributed by atoms with Crippen LogP contribution in [0.2, 0.25) is 0 Å². The summed E-state index contributed by atoms with van der Waals surface area (Å²) in [5, 5.41) is 20.1. The van der Waals surface area contributed by atoms with E-state index < -0.39 is 4.92 Å². The van der Waals surface area contributed by atoms with Gasteiger partial charge in [-0.1, -0.05) is 52.3 Å². The van der Waals surface area contributed by atoms with Crippen molar-refractivity contribution < 1.29 is 4.92 Å². The minimum absolute atomic E-state index is 0.0458. The molecule has 2 aromatic carbocycles. The van der Waals surface area contributed by atoms with Gasteiger partial charge in [0.15, 0.2) is 6.19 Å². The van der Waals surface area contributed by atoms with Crippen LogP contribution in [0.1, 0.15) is 10.5 Å². The lowest BCUT2D eigenvalue weighted by Gasteiger charge is -2.22. The lowest BCUT2D eigenvalue weighted by Crippen LogP contribution is -2.18. The number of alkyl halides is 1. The minimum atomic E-state index is -0.481. The normalized spacial score (nSPS) is 11.4. The molecule has 20 heavy (non-hydrogen) atoms. The van der Waals surface area contributed by atoms with Crippen LogP contribution in [-0.2, 0) is 0 Å². The van der Waals surface area contributed by atoms with E-state index >= 15 is 0 Å². The van der Waals surface area contributed by atoms with Gasteiger partial charge in [-0.15, -0.1) is 0 Å². The quantitative estimate of drug-likeness (QED) is 0.212. The molecule has 0 radical (unpaired) electrons. The molecular weight excluding hydrogens is 322 g/mol. The first-order chi connectivity index (χ1) is 9.63. The van der Waals surface area contributed by atoms with Gasteiger partial charge in [0, 0.05) is 12.1 Å². The highest BCUT2D eigenvalue weighted by atomic mass is 79.9. The third-order valence-electron chi connectivity index (χ3n) is 2.73. The summed E-state index contributed by atoms with van der Waals surface area (Å²) in [5.41, 5.74) is 1.31. The van der Waals surface area contributed by atoms with Gasteiger partial charge in [-0.25, -0.2) is 0 Å². The summed E-state index contributed by atoms with van der Waals surface area (Å²) in [7, 11) is 0. The first-order valence-corrected chi connectivity index (χ1v) is 6.67. The van der Waals surface area contributed by atoms with Crippen LogP contribution >= 0.6 is 15.9 Å². The van der Waals surface area contributed by atoms with Crippen molar-refractivity contribution in [2.24, 2.45) is 0 Å². The summed E-state index contributed by atoms with van der Waals surface area (Å²) >= 11 is 3.44. The molecule has 0 saturated heterocycles. The maximum atomic E-state index is 10.8. The van der Waals surface area contributed by atoms with Crippen LogP contribution in [0, 0.1) is 21.6 Å². The average Bonchev–Trinajstić information content (AvgIpc) is 2.49. The van der Waals surface area contributed by atoms with Crippen LogP contribution in [-0.4, -0.2) is 4.92 Å². The van der Waals surface area contributed by atoms with Gasteiger partial charge in [0.25, 0.3) is 5.69 Å². The van der Waals surface area contributed by atoms with Crippen LogP contribution in [0.25, 0.3) is 0 Å². The van der Waals surface area contributed by atoms with Gasteiger partial charge in [-0.3, -0.25) is 15.0 Å². The Hall–Kier alpha value is -2.39. The molecule has 1 unspecified atom stereocenters. The number of nitriles is 1. The van der Waals surface area contributed by atoms with Gasteiger partial charge in [-0.05, 0) is 11.6 Å². The predicted octanol–water partition coefficient (Wildman–Crippen LogP) is 3.98. The molecule has 0 aromatic heterocycles. The number of nitrogens with zero attached hydrogens (tertiary/aromatic N) is 3. The third kappa shape index (κ3) is 2.95. The molecule has 1 atom stereocenters. The monoisotopic (exact) mass is 331 g/mol. The lowest BCUT2D eigenvalue weighted by molar-refractivity contribution is -0.384. The molecule has 0 aliphatic carbocycles. The molecule has 6 heteroatoms. The molecule has 2 aromatic rings. The van der Waals surface area contributed by atoms with E-state index in [0.717, 1.165) is 5.56 Å². The number of anilines is 1. The minimum Gasteiger partial charge on any atom is -0.261 e. The predicted molar refractivity (Wildman–Crippen MR) is 79.3 cm³/mol. The Morgan fingerprint density at radius 2 is 1.90 bits per heavy atom. The number of rotatable bonds is 4. The molecule has 0 heterocycles. The van der Waals surface area contributed by atoms with E-state index in [-0.39, 0.29) is 10.6 Å². The molecule has 0 amide bonds. The molecular formula is C14H10BrN3O2. The zero-order valence-electron chi connectivity index (χ0n) is 10.3. The van der Waals surface area contributed by atoms with E-state index in [0.29, 0.717) is 5.69 Å². The fourth-order valence-electron chi connectivity index (χ4n) is 1.76. The zero-order chi connectivity index (χ0) is 14.5. The smallest absolute Gasteiger partial charge is 0.261 e. The third-order valence-corrected chi connectivity index (χ3v) is 3.67. The topological polar surface area (TPSA) is 70.2 Å². The van der Waals surface area contributed by atoms with Crippen LogP contribution in [0.3, 0.4) is 0 Å². The maximum Gasteiger partial charge on any atom is 0.271 e. The van der Waals surface area contributed by atoms with Gasteiger partial charge < -0.3 is 0 Å². The zero-order valence-corrected chi connectivity index (χ0v) is 11.9. The molecule has 0 spiro atoms. The fourth-order valence-corrected chi connectivity index (χ4v) is 2.39. The summed E-state index contributed by atoms with van der Waals surface area (Å²) in [6.07, 6.45) is 2.05. The van der Waals surface area contributed by atoms with Crippen molar-refractivity contribution in [1.82, 2.24) is 0 Å². The standard InChI is InChI=1S/C14H10BrN3O2/c15-14(11-5-2-1-3-6-11)17(10-16)12-7-4-8-13(9-12)18(19)20/h1-9,14H. The Morgan fingerprint density at radius 3 is 2.50 bits per heavy atom. The summed E-state index contributed by atoms with van der Waals surface area (Å²) in [4.78, 5) is 11.3. The van der Waals surface area contributed by atoms with Crippen LogP contribution in [0.4, 0.5) is 11.4 Å². The summed E-state index contributed by atoms with van der Waals surface area (Å²) in [5.74, 6) is 0. The van der Waals surface area contributed by atoms with E-state index in [2.05, 4.69) is 15.9 Å². The van der Waals surface area contributed by atoms with Crippen molar-refractivity contribution in [3.05, 3.63) is 70.3 Å². The van der Waals surface area contributed by atoms with Gasteiger partial charge in [0.05, 0.1) is 10.6 Å². The summed E-state index contributed by atoms with van der Waals surface area (Å²) in [6, 6.07) is 15.4. The van der Waals surface area contributed by atoms with Crippen molar-refractivity contribution in [2.45, 2.75) is 4.95 Å². The van der Waals surface area contributed by atoms with Crippen molar-refractivity contribution in [3.63, 3.8) is 0 Å². The molecule has 0 aliphatic rings. The molecule has 0 N–H and O–H groups in total. The van der Waals surface area contributed by atoms with Crippen molar-refractivity contribution in [2.75, 3.05) is 4.90 Å². The molecule has 0 saturated carbocycles. The van der Waals surface area contributed by atoms with Crippen LogP contribution < -0.4 is 4.90 Å². The number of nitro groups is 1. The second kappa shape index (κ2) is 6.17. The lowest BCUT2D eigenvalue weighted by atomic mass is 10.2. The summed E-state index contributed by atoms with van der Waals surface area (Å²) in [6.45, 7) is 0. The molecule has 0 fully saturated rings. The van der Waals surface area contributed by atoms with Crippen molar-refractivity contribution in [1.29, 1.82) is 5.26 Å². The van der Waals surface area contributed by atoms with Crippen molar-refractivity contribution in [3.8, 4) is 6.19 Å². The van der Waals surface area contributed by atoms with Gasteiger partial charge in [0.1, 0.15) is 4.95 Å². The highest BCUT2D eigenvalue weighted by Gasteiger charge is 2.19. The first kappa shape index (κ1) is 14.0. The largest absolute Gasteiger partial charge is 0.271 e. The second-order valence-electron chi connectivity index (χ2n) is 3.99. The van der Waals surface area contributed by atoms with E-state index in [1.54, 1.807) is 12.1 Å². The highest BCUT2D eigenvalue weighted by molar-refractivity contribution is 9.09. The maximum absolute atomic E-state index is 10.8. The summed E-state index contributed by atoms with van der Waals surface area (Å²) < 4.78 is 0. The average molecular weight is 332 g/mol. The van der Waals surface area contributed by atoms with Gasteiger partial charge >= 0.3 is 0 Å². The first-order valence-electron chi connectivity index (χ1n) is 5.76. The highest BCUT2D eigenvalue weighted by Crippen LogP contribution is 2.32. The van der Waals surface area contributed by atoms with E-state index in [1.807, 2.05) is 36.5 Å². The Bertz CT molecular complexity index is 655. The number of nitro benzene ring substituents is 1. The van der Waals surface area contributed by atoms with Crippen LogP contribution in [0.15, 0.2) is 54.6 Å². The molecule has 2 rings (SSSR count).